The van der Waals surface area contributed by atoms with Crippen molar-refractivity contribution in [3.63, 3.8) is 0 Å². The van der Waals surface area contributed by atoms with E-state index in [2.05, 4.69) is 16.3 Å². The van der Waals surface area contributed by atoms with Crippen LogP contribution in [0, 0.1) is 18.3 Å². The number of aryl methyl sites for hydroxylation is 1. The summed E-state index contributed by atoms with van der Waals surface area (Å²) in [6, 6.07) is 19.5. The Morgan fingerprint density at radius 1 is 1.14 bits per heavy atom. The third-order valence-corrected chi connectivity index (χ3v) is 9.09. The Morgan fingerprint density at radius 2 is 1.89 bits per heavy atom. The van der Waals surface area contributed by atoms with Gasteiger partial charge in [-0.1, -0.05) is 41.4 Å². The van der Waals surface area contributed by atoms with E-state index in [1.807, 2.05) is 30.3 Å². The lowest BCUT2D eigenvalue weighted by molar-refractivity contribution is -0.114. The van der Waals surface area contributed by atoms with Gasteiger partial charge in [0, 0.05) is 49.0 Å². The maximum atomic E-state index is 13.6. The Hall–Kier alpha value is -3.09. The van der Waals surface area contributed by atoms with Crippen LogP contribution in [0.15, 0.2) is 65.6 Å². The minimum absolute atomic E-state index is 0.144. The van der Waals surface area contributed by atoms with Gasteiger partial charge in [0.2, 0.25) is 15.9 Å². The number of hydrogen-bond acceptors (Lipinski definition) is 5. The van der Waals surface area contributed by atoms with Gasteiger partial charge in [-0.05, 0) is 66.9 Å². The van der Waals surface area contributed by atoms with Crippen molar-refractivity contribution in [1.29, 1.82) is 5.26 Å². The monoisotopic (exact) mass is 556 g/mol. The van der Waals surface area contributed by atoms with E-state index in [-0.39, 0.29) is 23.4 Å². The Bertz CT molecular complexity index is 1490. The van der Waals surface area contributed by atoms with Gasteiger partial charge < -0.3 is 10.2 Å². The van der Waals surface area contributed by atoms with Crippen molar-refractivity contribution in [2.75, 3.05) is 23.3 Å². The zero-order valence-electron chi connectivity index (χ0n) is 20.4. The molecular weight excluding hydrogens is 531 g/mol. The van der Waals surface area contributed by atoms with E-state index in [0.29, 0.717) is 46.4 Å². The third kappa shape index (κ3) is 5.91. The topological polar surface area (TPSA) is 93.5 Å². The number of hydrogen-bond donors (Lipinski definition) is 1. The van der Waals surface area contributed by atoms with Gasteiger partial charge in [-0.2, -0.15) is 9.57 Å². The maximum absolute atomic E-state index is 13.6. The first-order valence-electron chi connectivity index (χ1n) is 11.7. The minimum atomic E-state index is -3.76. The highest BCUT2D eigenvalue weighted by molar-refractivity contribution is 7.89. The summed E-state index contributed by atoms with van der Waals surface area (Å²) in [5.41, 5.74) is 3.16. The van der Waals surface area contributed by atoms with Gasteiger partial charge in [-0.15, -0.1) is 0 Å². The molecule has 3 aromatic carbocycles. The summed E-state index contributed by atoms with van der Waals surface area (Å²) in [6.45, 7) is 4.19. The standard InChI is InChI=1S/C27H26Cl2N4O3S/c1-18-13-22(31-19(2)34)8-10-27(18)37(35,36)32-12-11-24(17-32)33(16-21-5-3-4-6-25(21)28)23-9-7-20(15-30)26(29)14-23/h3-10,13-14,24H,11-12,16-17H2,1-2H3,(H,31,34)/t24-/m0/s1. The number of carbonyl (C=O) groups is 1. The number of carbonyl (C=O) groups excluding carboxylic acids is 1. The van der Waals surface area contributed by atoms with Gasteiger partial charge in [-0.25, -0.2) is 8.42 Å². The predicted octanol–water partition coefficient (Wildman–Crippen LogP) is 5.60. The molecular formula is C27H26Cl2N4O3S. The first kappa shape index (κ1) is 27.0. The number of rotatable bonds is 7. The normalized spacial score (nSPS) is 15.8. The molecule has 0 radical (unpaired) electrons. The van der Waals surface area contributed by atoms with E-state index in [1.165, 1.54) is 17.3 Å². The number of amides is 1. The van der Waals surface area contributed by atoms with Gasteiger partial charge in [-0.3, -0.25) is 4.79 Å². The average Bonchev–Trinajstić information content (AvgIpc) is 3.34. The van der Waals surface area contributed by atoms with E-state index in [0.717, 1.165) is 11.3 Å². The van der Waals surface area contributed by atoms with Crippen LogP contribution in [0.5, 0.6) is 0 Å². The second-order valence-corrected chi connectivity index (χ2v) is 11.7. The van der Waals surface area contributed by atoms with Crippen LogP contribution < -0.4 is 10.2 Å². The maximum Gasteiger partial charge on any atom is 0.243 e. The average molecular weight is 558 g/mol. The molecule has 0 aromatic heterocycles. The second kappa shape index (κ2) is 11.1. The van der Waals surface area contributed by atoms with E-state index < -0.39 is 10.0 Å². The summed E-state index contributed by atoms with van der Waals surface area (Å²) in [5, 5.41) is 12.9. The fraction of sp³-hybridized carbons (Fsp3) is 0.259. The molecule has 37 heavy (non-hydrogen) atoms. The molecule has 1 fully saturated rings. The Kier molecular flexibility index (Phi) is 8.10. The van der Waals surface area contributed by atoms with Crippen LogP contribution in [0.25, 0.3) is 0 Å². The summed E-state index contributed by atoms with van der Waals surface area (Å²) in [6.07, 6.45) is 0.602. The first-order valence-corrected chi connectivity index (χ1v) is 13.9. The molecule has 10 heteroatoms. The molecule has 0 spiro atoms. The van der Waals surface area contributed by atoms with Crippen molar-refractivity contribution in [3.8, 4) is 6.07 Å². The van der Waals surface area contributed by atoms with E-state index in [4.69, 9.17) is 23.2 Å². The Labute approximate surface area is 227 Å². The highest BCUT2D eigenvalue weighted by Crippen LogP contribution is 2.33. The van der Waals surface area contributed by atoms with Gasteiger partial charge >= 0.3 is 0 Å². The molecule has 1 atom stereocenters. The van der Waals surface area contributed by atoms with Crippen LogP contribution in [0.4, 0.5) is 11.4 Å². The molecule has 0 aliphatic carbocycles. The Balaban J connectivity index is 1.63. The highest BCUT2D eigenvalue weighted by atomic mass is 35.5. The molecule has 1 aliphatic heterocycles. The van der Waals surface area contributed by atoms with Crippen LogP contribution >= 0.6 is 23.2 Å². The van der Waals surface area contributed by atoms with E-state index in [9.17, 15) is 18.5 Å². The third-order valence-electron chi connectivity index (χ3n) is 6.38. The molecule has 0 unspecified atom stereocenters. The summed E-state index contributed by atoms with van der Waals surface area (Å²) in [5.74, 6) is -0.223. The molecule has 0 bridgehead atoms. The van der Waals surface area contributed by atoms with Crippen molar-refractivity contribution < 1.29 is 13.2 Å². The molecule has 4 rings (SSSR count). The molecule has 1 heterocycles. The molecule has 192 valence electrons. The minimum Gasteiger partial charge on any atom is -0.363 e. The lowest BCUT2D eigenvalue weighted by atomic mass is 10.1. The van der Waals surface area contributed by atoms with E-state index >= 15 is 0 Å². The SMILES string of the molecule is CC(=O)Nc1ccc(S(=O)(=O)N2CC[C@H](N(Cc3ccccc3Cl)c3ccc(C#N)c(Cl)c3)C2)c(C)c1. The van der Waals surface area contributed by atoms with Crippen LogP contribution in [-0.4, -0.2) is 37.8 Å². The van der Waals surface area contributed by atoms with Gasteiger partial charge in [0.05, 0.1) is 15.5 Å². The smallest absolute Gasteiger partial charge is 0.243 e. The summed E-state index contributed by atoms with van der Waals surface area (Å²) < 4.78 is 28.7. The Morgan fingerprint density at radius 3 is 2.54 bits per heavy atom. The summed E-state index contributed by atoms with van der Waals surface area (Å²) in [7, 11) is -3.76. The number of halogens is 2. The molecule has 1 N–H and O–H groups in total. The number of nitrogens with one attached hydrogen (secondary N) is 1. The van der Waals surface area contributed by atoms with Crippen LogP contribution in [0.2, 0.25) is 10.0 Å². The number of sulfonamides is 1. The summed E-state index contributed by atoms with van der Waals surface area (Å²) >= 11 is 12.8. The molecule has 1 aliphatic rings. The summed E-state index contributed by atoms with van der Waals surface area (Å²) in [4.78, 5) is 13.7. The molecule has 0 saturated carbocycles. The first-order chi connectivity index (χ1) is 17.6. The number of benzene rings is 3. The molecule has 3 aromatic rings. The van der Waals surface area contributed by atoms with Gasteiger partial charge in [0.1, 0.15) is 6.07 Å². The van der Waals surface area contributed by atoms with Crippen LogP contribution in [0.3, 0.4) is 0 Å². The quantitative estimate of drug-likeness (QED) is 0.408. The second-order valence-electron chi connectivity index (χ2n) is 8.96. The van der Waals surface area contributed by atoms with Gasteiger partial charge in [0.25, 0.3) is 0 Å². The van der Waals surface area contributed by atoms with E-state index in [1.54, 1.807) is 31.2 Å². The molecule has 7 nitrogen and oxygen atoms in total. The molecule has 1 saturated heterocycles. The largest absolute Gasteiger partial charge is 0.363 e. The van der Waals surface area contributed by atoms with Crippen LogP contribution in [0.1, 0.15) is 30.0 Å². The van der Waals surface area contributed by atoms with Crippen molar-refractivity contribution in [2.45, 2.75) is 37.8 Å². The van der Waals surface area contributed by atoms with Crippen LogP contribution in [-0.2, 0) is 21.4 Å². The zero-order valence-corrected chi connectivity index (χ0v) is 22.7. The number of anilines is 2. The lowest BCUT2D eigenvalue weighted by Gasteiger charge is -2.32. The van der Waals surface area contributed by atoms with Crippen molar-refractivity contribution >= 4 is 50.5 Å². The van der Waals surface area contributed by atoms with Gasteiger partial charge in [0.15, 0.2) is 0 Å². The number of nitrogens with zero attached hydrogens (tertiary/aromatic N) is 3. The highest BCUT2D eigenvalue weighted by Gasteiger charge is 2.36. The molecule has 1 amide bonds. The van der Waals surface area contributed by atoms with Crippen molar-refractivity contribution in [2.24, 2.45) is 0 Å². The van der Waals surface area contributed by atoms with Crippen molar-refractivity contribution in [1.82, 2.24) is 4.31 Å². The van der Waals surface area contributed by atoms with Crippen molar-refractivity contribution in [3.05, 3.63) is 87.4 Å². The fourth-order valence-corrected chi connectivity index (χ4v) is 6.67. The zero-order chi connectivity index (χ0) is 26.7. The fourth-order valence-electron chi connectivity index (χ4n) is 4.56. The number of nitriles is 1. The lowest BCUT2D eigenvalue weighted by Crippen LogP contribution is -2.39. The predicted molar refractivity (Wildman–Crippen MR) is 146 cm³/mol.